The van der Waals surface area contributed by atoms with Crippen molar-refractivity contribution in [1.82, 2.24) is 0 Å². The molecule has 0 bridgehead atoms. The van der Waals surface area contributed by atoms with Gasteiger partial charge in [-0.2, -0.15) is 0 Å². The molecular weight excluding hydrogens is 252 g/mol. The van der Waals surface area contributed by atoms with Crippen molar-refractivity contribution in [3.05, 3.63) is 47.5 Å². The highest BCUT2D eigenvalue weighted by molar-refractivity contribution is 5.81. The fraction of sp³-hybridized carbons (Fsp3) is 0.471. The van der Waals surface area contributed by atoms with Gasteiger partial charge in [-0.25, -0.2) is 4.79 Å². The van der Waals surface area contributed by atoms with E-state index in [9.17, 15) is 4.79 Å². The van der Waals surface area contributed by atoms with Crippen LogP contribution in [-0.4, -0.2) is 24.8 Å². The van der Waals surface area contributed by atoms with Gasteiger partial charge in [-0.3, -0.25) is 0 Å². The largest absolute Gasteiger partial charge is 0.478 e. The number of carboxylic acids is 1. The van der Waals surface area contributed by atoms with E-state index in [0.29, 0.717) is 6.61 Å². The van der Waals surface area contributed by atoms with Crippen molar-refractivity contribution in [3.63, 3.8) is 0 Å². The lowest BCUT2D eigenvalue weighted by Crippen LogP contribution is -2.33. The van der Waals surface area contributed by atoms with Gasteiger partial charge in [0.1, 0.15) is 0 Å². The van der Waals surface area contributed by atoms with E-state index in [1.807, 2.05) is 18.2 Å². The average Bonchev–Trinajstić information content (AvgIpc) is 2.47. The van der Waals surface area contributed by atoms with Crippen LogP contribution in [0.3, 0.4) is 0 Å². The molecule has 3 nitrogen and oxygen atoms in total. The highest BCUT2D eigenvalue weighted by Gasteiger charge is 2.37. The van der Waals surface area contributed by atoms with Gasteiger partial charge in [0.2, 0.25) is 0 Å². The Morgan fingerprint density at radius 1 is 1.35 bits per heavy atom. The Labute approximate surface area is 120 Å². The predicted molar refractivity (Wildman–Crippen MR) is 78.8 cm³/mol. The Hall–Kier alpha value is -1.61. The molecule has 1 aliphatic rings. The minimum Gasteiger partial charge on any atom is -0.478 e. The van der Waals surface area contributed by atoms with Crippen LogP contribution < -0.4 is 0 Å². The van der Waals surface area contributed by atoms with Gasteiger partial charge in [0, 0.05) is 25.2 Å². The molecule has 0 amide bonds. The molecule has 0 heterocycles. The highest BCUT2D eigenvalue weighted by Crippen LogP contribution is 2.46. The third-order valence-corrected chi connectivity index (χ3v) is 4.27. The minimum absolute atomic E-state index is 0.173. The SMILES string of the molecule is COCCC1(c2ccccc2)CCCC/C1=C/C(=O)O. The first-order valence-electron chi connectivity index (χ1n) is 7.17. The first-order chi connectivity index (χ1) is 9.69. The van der Waals surface area contributed by atoms with Crippen LogP contribution in [0.25, 0.3) is 0 Å². The van der Waals surface area contributed by atoms with Gasteiger partial charge in [0.15, 0.2) is 0 Å². The molecule has 1 atom stereocenters. The summed E-state index contributed by atoms with van der Waals surface area (Å²) in [5.74, 6) is -0.848. The van der Waals surface area contributed by atoms with E-state index in [4.69, 9.17) is 9.84 Å². The maximum absolute atomic E-state index is 11.2. The Kier molecular flexibility index (Phi) is 4.96. The van der Waals surface area contributed by atoms with Gasteiger partial charge in [0.25, 0.3) is 0 Å². The van der Waals surface area contributed by atoms with Crippen LogP contribution in [0.2, 0.25) is 0 Å². The maximum Gasteiger partial charge on any atom is 0.328 e. The summed E-state index contributed by atoms with van der Waals surface area (Å²) >= 11 is 0. The molecule has 0 aliphatic heterocycles. The molecule has 0 spiro atoms. The zero-order chi connectivity index (χ0) is 14.4. The number of benzene rings is 1. The lowest BCUT2D eigenvalue weighted by Gasteiger charge is -2.40. The van der Waals surface area contributed by atoms with E-state index in [-0.39, 0.29) is 5.41 Å². The van der Waals surface area contributed by atoms with Gasteiger partial charge >= 0.3 is 5.97 Å². The Balaban J connectivity index is 2.45. The standard InChI is InChI=1S/C17H22O3/c1-20-12-11-17(14-7-3-2-4-8-14)10-6-5-9-15(17)13-16(18)19/h2-4,7-8,13H,5-6,9-12H2,1H3,(H,18,19)/b15-13-. The van der Waals surface area contributed by atoms with Crippen molar-refractivity contribution >= 4 is 5.97 Å². The summed E-state index contributed by atoms with van der Waals surface area (Å²) in [5, 5.41) is 9.16. The number of carbonyl (C=O) groups is 1. The number of methoxy groups -OCH3 is 1. The van der Waals surface area contributed by atoms with Crippen LogP contribution in [0.1, 0.15) is 37.7 Å². The first kappa shape index (κ1) is 14.8. The van der Waals surface area contributed by atoms with Crippen LogP contribution in [0.4, 0.5) is 0 Å². The molecule has 1 unspecified atom stereocenters. The smallest absolute Gasteiger partial charge is 0.328 e. The van der Waals surface area contributed by atoms with Crippen molar-refractivity contribution in [2.45, 2.75) is 37.5 Å². The third-order valence-electron chi connectivity index (χ3n) is 4.27. The fourth-order valence-corrected chi connectivity index (χ4v) is 3.29. The van der Waals surface area contributed by atoms with Gasteiger partial charge in [-0.1, -0.05) is 42.3 Å². The fourth-order valence-electron chi connectivity index (χ4n) is 3.29. The second kappa shape index (κ2) is 6.71. The molecule has 1 aromatic rings. The highest BCUT2D eigenvalue weighted by atomic mass is 16.5. The molecular formula is C17H22O3. The number of carboxylic acid groups (broad SMARTS) is 1. The molecule has 0 radical (unpaired) electrons. The molecule has 1 fully saturated rings. The minimum atomic E-state index is -0.848. The summed E-state index contributed by atoms with van der Waals surface area (Å²) in [7, 11) is 1.70. The van der Waals surface area contributed by atoms with Gasteiger partial charge in [-0.05, 0) is 31.2 Å². The summed E-state index contributed by atoms with van der Waals surface area (Å²) in [6.07, 6.45) is 6.33. The monoisotopic (exact) mass is 274 g/mol. The number of ether oxygens (including phenoxy) is 1. The van der Waals surface area contributed by atoms with E-state index in [1.165, 1.54) is 11.6 Å². The second-order valence-electron chi connectivity index (χ2n) is 5.41. The van der Waals surface area contributed by atoms with E-state index in [2.05, 4.69) is 12.1 Å². The summed E-state index contributed by atoms with van der Waals surface area (Å²) in [6, 6.07) is 10.3. The molecule has 1 saturated carbocycles. The molecule has 108 valence electrons. The first-order valence-corrected chi connectivity index (χ1v) is 7.17. The van der Waals surface area contributed by atoms with Crippen LogP contribution in [0, 0.1) is 0 Å². The lowest BCUT2D eigenvalue weighted by molar-refractivity contribution is -0.131. The molecule has 0 saturated heterocycles. The molecule has 3 heteroatoms. The van der Waals surface area contributed by atoms with Crippen LogP contribution >= 0.6 is 0 Å². The van der Waals surface area contributed by atoms with Crippen LogP contribution in [0.15, 0.2) is 42.0 Å². The molecule has 0 aromatic heterocycles. The average molecular weight is 274 g/mol. The Bertz CT molecular complexity index is 478. The normalized spacial score (nSPS) is 24.8. The van der Waals surface area contributed by atoms with E-state index in [1.54, 1.807) is 7.11 Å². The van der Waals surface area contributed by atoms with Gasteiger partial charge < -0.3 is 9.84 Å². The second-order valence-corrected chi connectivity index (χ2v) is 5.41. The number of hydrogen-bond donors (Lipinski definition) is 1. The number of allylic oxidation sites excluding steroid dienone is 1. The Morgan fingerprint density at radius 2 is 2.10 bits per heavy atom. The van der Waals surface area contributed by atoms with Gasteiger partial charge in [0.05, 0.1) is 0 Å². The topological polar surface area (TPSA) is 46.5 Å². The van der Waals surface area contributed by atoms with Crippen molar-refractivity contribution in [1.29, 1.82) is 0 Å². The third kappa shape index (κ3) is 3.10. The Morgan fingerprint density at radius 3 is 2.75 bits per heavy atom. The molecule has 20 heavy (non-hydrogen) atoms. The number of aliphatic carboxylic acids is 1. The summed E-state index contributed by atoms with van der Waals surface area (Å²) in [4.78, 5) is 11.2. The van der Waals surface area contributed by atoms with Crippen LogP contribution in [-0.2, 0) is 14.9 Å². The number of rotatable bonds is 5. The predicted octanol–water partition coefficient (Wildman–Crippen LogP) is 3.55. The van der Waals surface area contributed by atoms with Crippen molar-refractivity contribution < 1.29 is 14.6 Å². The molecule has 1 N–H and O–H groups in total. The zero-order valence-corrected chi connectivity index (χ0v) is 12.0. The molecule has 1 aromatic carbocycles. The van der Waals surface area contributed by atoms with E-state index >= 15 is 0 Å². The summed E-state index contributed by atoms with van der Waals surface area (Å²) in [6.45, 7) is 0.645. The van der Waals surface area contributed by atoms with Crippen molar-refractivity contribution in [2.75, 3.05) is 13.7 Å². The van der Waals surface area contributed by atoms with E-state index in [0.717, 1.165) is 37.7 Å². The lowest BCUT2D eigenvalue weighted by atomic mass is 9.64. The quantitative estimate of drug-likeness (QED) is 0.835. The summed E-state index contributed by atoms with van der Waals surface area (Å²) < 4.78 is 5.27. The van der Waals surface area contributed by atoms with E-state index < -0.39 is 5.97 Å². The molecule has 2 rings (SSSR count). The van der Waals surface area contributed by atoms with Crippen molar-refractivity contribution in [2.24, 2.45) is 0 Å². The summed E-state index contributed by atoms with van der Waals surface area (Å²) in [5.41, 5.74) is 2.08. The maximum atomic E-state index is 11.2. The van der Waals surface area contributed by atoms with Gasteiger partial charge in [-0.15, -0.1) is 0 Å². The van der Waals surface area contributed by atoms with Crippen LogP contribution in [0.5, 0.6) is 0 Å². The van der Waals surface area contributed by atoms with Crippen molar-refractivity contribution in [3.8, 4) is 0 Å². The number of hydrogen-bond acceptors (Lipinski definition) is 2. The zero-order valence-electron chi connectivity index (χ0n) is 12.0. The molecule has 1 aliphatic carbocycles.